The lowest BCUT2D eigenvalue weighted by molar-refractivity contribution is 0.0792. The zero-order valence-corrected chi connectivity index (χ0v) is 45.7. The third-order valence-corrected chi connectivity index (χ3v) is 25.9. The molecule has 0 aromatic heterocycles. The lowest BCUT2D eigenvalue weighted by atomic mass is 10.1. The Hall–Kier alpha value is -3.25. The number of amides is 2. The normalized spacial score (nSPS) is 21.5. The predicted octanol–water partition coefficient (Wildman–Crippen LogP) is 8.15. The standard InChI is InChI=1S/2C23H40N2O6SSi/c2*1-8-33(9-2,10-3)31-17-22-21(15-18(4)25(22)23(26)30-6)24(32(7,27)28)16-19-11-13-20(29-5)14-12-19/h2*11-14,18,21-22H,8-10,15-17H2,1-7H3/t2*18-,21+,22+/m11/s1. The van der Waals surface area contributed by atoms with E-state index in [-0.39, 0.29) is 25.2 Å². The van der Waals surface area contributed by atoms with Gasteiger partial charge in [-0.3, -0.25) is 9.80 Å². The van der Waals surface area contributed by atoms with Gasteiger partial charge in [0.2, 0.25) is 20.0 Å². The molecule has 0 radical (unpaired) electrons. The summed E-state index contributed by atoms with van der Waals surface area (Å²) in [5.74, 6) is 1.42. The first-order valence-electron chi connectivity index (χ1n) is 23.3. The van der Waals surface area contributed by atoms with Gasteiger partial charge in [-0.2, -0.15) is 8.61 Å². The molecule has 2 fully saturated rings. The number of methoxy groups -OCH3 is 4. The van der Waals surface area contributed by atoms with Crippen LogP contribution in [-0.4, -0.2) is 154 Å². The van der Waals surface area contributed by atoms with Crippen LogP contribution in [0.15, 0.2) is 48.5 Å². The molecule has 2 aliphatic heterocycles. The van der Waals surface area contributed by atoms with E-state index < -0.39 is 73.0 Å². The Kier molecular flexibility index (Phi) is 22.0. The van der Waals surface area contributed by atoms with Crippen LogP contribution in [0.25, 0.3) is 0 Å². The van der Waals surface area contributed by atoms with Crippen LogP contribution in [0.3, 0.4) is 0 Å². The topological polar surface area (TPSA) is 171 Å². The smallest absolute Gasteiger partial charge is 0.410 e. The van der Waals surface area contributed by atoms with Gasteiger partial charge < -0.3 is 27.8 Å². The molecular weight excluding hydrogens is 921 g/mol. The van der Waals surface area contributed by atoms with Gasteiger partial charge >= 0.3 is 12.2 Å². The number of carbonyl (C=O) groups is 2. The number of nitrogens with zero attached hydrogens (tertiary/aromatic N) is 4. The molecule has 2 aromatic carbocycles. The van der Waals surface area contributed by atoms with Gasteiger partial charge in [0.15, 0.2) is 16.6 Å². The second-order valence-electron chi connectivity index (χ2n) is 17.6. The van der Waals surface area contributed by atoms with Crippen LogP contribution in [0.4, 0.5) is 9.59 Å². The number of benzene rings is 2. The van der Waals surface area contributed by atoms with Gasteiger partial charge in [0.05, 0.1) is 66.2 Å². The lowest BCUT2D eigenvalue weighted by Gasteiger charge is -2.37. The molecule has 2 saturated heterocycles. The maximum atomic E-state index is 12.9. The minimum Gasteiger partial charge on any atom is -0.497 e. The number of hydrogen-bond acceptors (Lipinski definition) is 12. The number of likely N-dealkylation sites (tertiary alicyclic amines) is 2. The Labute approximate surface area is 398 Å². The quantitative estimate of drug-likeness (QED) is 0.104. The molecule has 0 aliphatic carbocycles. The van der Waals surface area contributed by atoms with Gasteiger partial charge in [-0.25, -0.2) is 26.4 Å². The zero-order valence-electron chi connectivity index (χ0n) is 42.1. The molecule has 0 saturated carbocycles. The predicted molar refractivity (Wildman–Crippen MR) is 265 cm³/mol. The Balaban J connectivity index is 0.000000350. The van der Waals surface area contributed by atoms with Crippen molar-refractivity contribution in [2.45, 2.75) is 154 Å². The summed E-state index contributed by atoms with van der Waals surface area (Å²) in [4.78, 5) is 28.7. The van der Waals surface area contributed by atoms with Crippen molar-refractivity contribution in [3.8, 4) is 11.5 Å². The fraction of sp³-hybridized carbons (Fsp3) is 0.696. The molecule has 6 atom stereocenters. The highest BCUT2D eigenvalue weighted by Gasteiger charge is 2.50. The van der Waals surface area contributed by atoms with E-state index in [9.17, 15) is 26.4 Å². The first kappa shape index (κ1) is 57.1. The van der Waals surface area contributed by atoms with Crippen molar-refractivity contribution in [2.24, 2.45) is 0 Å². The van der Waals surface area contributed by atoms with E-state index in [1.165, 1.54) is 35.3 Å². The summed E-state index contributed by atoms with van der Waals surface area (Å²) >= 11 is 0. The summed E-state index contributed by atoms with van der Waals surface area (Å²) in [7, 11) is -5.11. The first-order chi connectivity index (χ1) is 31.1. The molecule has 2 amide bonds. The van der Waals surface area contributed by atoms with Gasteiger partial charge in [-0.15, -0.1) is 0 Å². The van der Waals surface area contributed by atoms with Gasteiger partial charge in [-0.1, -0.05) is 65.8 Å². The summed E-state index contributed by atoms with van der Waals surface area (Å²) < 4.78 is 88.5. The number of sulfonamides is 2. The maximum Gasteiger partial charge on any atom is 0.410 e. The molecule has 376 valence electrons. The van der Waals surface area contributed by atoms with Crippen LogP contribution in [-0.2, 0) is 51.5 Å². The van der Waals surface area contributed by atoms with Crippen molar-refractivity contribution in [2.75, 3.05) is 54.2 Å². The molecule has 2 heterocycles. The van der Waals surface area contributed by atoms with Crippen molar-refractivity contribution in [3.05, 3.63) is 59.7 Å². The number of ether oxygens (including phenoxy) is 4. The van der Waals surface area contributed by atoms with E-state index in [1.54, 1.807) is 24.0 Å². The Bertz CT molecular complexity index is 1880. The van der Waals surface area contributed by atoms with Crippen molar-refractivity contribution in [3.63, 3.8) is 0 Å². The average molecular weight is 1000 g/mol. The third-order valence-electron chi connectivity index (χ3n) is 14.1. The minimum absolute atomic E-state index is 0.169. The fourth-order valence-electron chi connectivity index (χ4n) is 9.53. The second-order valence-corrected chi connectivity index (χ2v) is 31.0. The average Bonchev–Trinajstić information content (AvgIpc) is 3.82. The molecule has 0 spiro atoms. The van der Waals surface area contributed by atoms with Gasteiger partial charge in [-0.05, 0) is 98.3 Å². The number of hydrogen-bond donors (Lipinski definition) is 0. The molecule has 2 aromatic rings. The van der Waals surface area contributed by atoms with Crippen molar-refractivity contribution >= 4 is 48.9 Å². The molecule has 0 unspecified atom stereocenters. The van der Waals surface area contributed by atoms with Crippen molar-refractivity contribution in [1.82, 2.24) is 18.4 Å². The third kappa shape index (κ3) is 14.4. The largest absolute Gasteiger partial charge is 0.497 e. The molecular formula is C46H80N4O12S2Si2. The van der Waals surface area contributed by atoms with Crippen LogP contribution in [0.1, 0.15) is 79.4 Å². The molecule has 20 heteroatoms. The first-order valence-corrected chi connectivity index (χ1v) is 32.1. The lowest BCUT2D eigenvalue weighted by Crippen LogP contribution is -2.53. The molecule has 4 rings (SSSR count). The Morgan fingerprint density at radius 1 is 0.561 bits per heavy atom. The van der Waals surface area contributed by atoms with Crippen LogP contribution in [0, 0.1) is 0 Å². The summed E-state index contributed by atoms with van der Waals surface area (Å²) in [5, 5.41) is 0. The maximum absolute atomic E-state index is 12.9. The molecule has 0 N–H and O–H groups in total. The van der Waals surface area contributed by atoms with E-state index in [4.69, 9.17) is 27.8 Å². The zero-order chi connectivity index (χ0) is 49.6. The number of rotatable bonds is 22. The summed E-state index contributed by atoms with van der Waals surface area (Å²) in [6.07, 6.45) is 2.59. The second kappa shape index (κ2) is 25.4. The molecule has 2 aliphatic rings. The fourth-order valence-corrected chi connectivity index (χ4v) is 17.0. The van der Waals surface area contributed by atoms with Crippen LogP contribution in [0.2, 0.25) is 36.3 Å². The Morgan fingerprint density at radius 2 is 0.848 bits per heavy atom. The molecule has 66 heavy (non-hydrogen) atoms. The van der Waals surface area contributed by atoms with E-state index in [0.29, 0.717) is 37.6 Å². The Morgan fingerprint density at radius 3 is 1.08 bits per heavy atom. The van der Waals surface area contributed by atoms with Crippen molar-refractivity contribution < 1.29 is 54.2 Å². The molecule has 16 nitrogen and oxygen atoms in total. The van der Waals surface area contributed by atoms with Crippen LogP contribution in [0.5, 0.6) is 11.5 Å². The molecule has 0 bridgehead atoms. The van der Waals surface area contributed by atoms with Gasteiger partial charge in [0.1, 0.15) is 11.5 Å². The van der Waals surface area contributed by atoms with Crippen LogP contribution >= 0.6 is 0 Å². The minimum atomic E-state index is -3.57. The van der Waals surface area contributed by atoms with E-state index >= 15 is 0 Å². The highest BCUT2D eigenvalue weighted by Crippen LogP contribution is 2.36. The van der Waals surface area contributed by atoms with Gasteiger partial charge in [0, 0.05) is 37.3 Å². The SMILES string of the molecule is CC[Si](CC)(CC)OC[C@H]1[C@@H](N(Cc2ccc(OC)cc2)S(C)(=O)=O)C[C@@H](C)N1C(=O)OC.CC[Si](CC)(CC)OC[C@H]1[C@@H](N(Cc2ccc(OC)cc2)S(C)(=O)=O)C[C@@H](C)N1C(=O)OC. The summed E-state index contributed by atoms with van der Waals surface area (Å²) in [6, 6.07) is 18.6. The number of carbonyl (C=O) groups excluding carboxylic acids is 2. The van der Waals surface area contributed by atoms with E-state index in [0.717, 1.165) is 47.4 Å². The van der Waals surface area contributed by atoms with Crippen molar-refractivity contribution in [1.29, 1.82) is 0 Å². The monoisotopic (exact) mass is 1000 g/mol. The van der Waals surface area contributed by atoms with E-state index in [1.807, 2.05) is 62.4 Å². The summed E-state index contributed by atoms with van der Waals surface area (Å²) in [5.41, 5.74) is 1.70. The highest BCUT2D eigenvalue weighted by molar-refractivity contribution is 7.88. The van der Waals surface area contributed by atoms with E-state index in [2.05, 4.69) is 41.5 Å². The van der Waals surface area contributed by atoms with Gasteiger partial charge in [0.25, 0.3) is 0 Å². The summed E-state index contributed by atoms with van der Waals surface area (Å²) in [6.45, 7) is 17.8. The van der Waals surface area contributed by atoms with Crippen LogP contribution < -0.4 is 9.47 Å². The highest BCUT2D eigenvalue weighted by atomic mass is 32.2.